The van der Waals surface area contributed by atoms with Crippen LogP contribution in [0, 0.1) is 0 Å². The predicted octanol–water partition coefficient (Wildman–Crippen LogP) is 3.17. The van der Waals surface area contributed by atoms with Gasteiger partial charge in [0.25, 0.3) is 0 Å². The Morgan fingerprint density at radius 1 is 1.09 bits per heavy atom. The molecule has 3 rings (SSSR count). The van der Waals surface area contributed by atoms with Crippen LogP contribution < -0.4 is 10.2 Å². The molecule has 0 saturated heterocycles. The van der Waals surface area contributed by atoms with E-state index in [4.69, 9.17) is 0 Å². The lowest BCUT2D eigenvalue weighted by molar-refractivity contribution is -0.121. The van der Waals surface area contributed by atoms with Gasteiger partial charge in [-0.15, -0.1) is 0 Å². The van der Waals surface area contributed by atoms with Crippen molar-refractivity contribution in [3.05, 3.63) is 59.7 Å². The van der Waals surface area contributed by atoms with Gasteiger partial charge in [-0.25, -0.2) is 0 Å². The third-order valence-electron chi connectivity index (χ3n) is 4.13. The number of carbonyl (C=O) groups excluding carboxylic acids is 2. The minimum Gasteiger partial charge on any atom is -0.323 e. The molecule has 0 atom stereocenters. The summed E-state index contributed by atoms with van der Waals surface area (Å²) in [6.45, 7) is 2.21. The Bertz CT molecular complexity index is 722. The average molecular weight is 308 g/mol. The van der Waals surface area contributed by atoms with Gasteiger partial charge < -0.3 is 10.2 Å². The number of aryl methyl sites for hydroxylation is 2. The minimum atomic E-state index is -0.149. The molecule has 1 N–H and O–H groups in total. The van der Waals surface area contributed by atoms with Gasteiger partial charge in [-0.2, -0.15) is 0 Å². The van der Waals surface area contributed by atoms with Gasteiger partial charge in [-0.3, -0.25) is 9.59 Å². The number of hydrogen-bond donors (Lipinski definition) is 1. The third-order valence-corrected chi connectivity index (χ3v) is 4.13. The Balaban J connectivity index is 1.69. The van der Waals surface area contributed by atoms with Gasteiger partial charge >= 0.3 is 0 Å². The smallest absolute Gasteiger partial charge is 0.244 e. The molecule has 0 radical (unpaired) electrons. The SMILES string of the molecule is CCc1ccc(CCC(=O)N2CC(=O)Nc3ccccc32)cc1. The van der Waals surface area contributed by atoms with Crippen LogP contribution in [-0.4, -0.2) is 18.4 Å². The first-order chi connectivity index (χ1) is 11.2. The number of hydrogen-bond acceptors (Lipinski definition) is 2. The fourth-order valence-corrected chi connectivity index (χ4v) is 2.78. The molecule has 2 aromatic carbocycles. The standard InChI is InChI=1S/C19H20N2O2/c1-2-14-7-9-15(10-8-14)11-12-19(23)21-13-18(22)20-16-5-3-4-6-17(16)21/h3-10H,2,11-13H2,1H3,(H,20,22). The van der Waals surface area contributed by atoms with Crippen LogP contribution in [0.4, 0.5) is 11.4 Å². The largest absolute Gasteiger partial charge is 0.323 e. The topological polar surface area (TPSA) is 49.4 Å². The van der Waals surface area contributed by atoms with Crippen molar-refractivity contribution in [2.24, 2.45) is 0 Å². The number of nitrogens with one attached hydrogen (secondary N) is 1. The van der Waals surface area contributed by atoms with Gasteiger partial charge in [0.15, 0.2) is 0 Å². The third kappa shape index (κ3) is 3.42. The summed E-state index contributed by atoms with van der Waals surface area (Å²) < 4.78 is 0. The highest BCUT2D eigenvalue weighted by Gasteiger charge is 2.26. The number of para-hydroxylation sites is 2. The molecule has 0 bridgehead atoms. The molecule has 23 heavy (non-hydrogen) atoms. The van der Waals surface area contributed by atoms with E-state index in [0.29, 0.717) is 18.5 Å². The summed E-state index contributed by atoms with van der Waals surface area (Å²) in [7, 11) is 0. The zero-order chi connectivity index (χ0) is 16.2. The van der Waals surface area contributed by atoms with E-state index >= 15 is 0 Å². The van der Waals surface area contributed by atoms with Crippen LogP contribution in [-0.2, 0) is 22.4 Å². The average Bonchev–Trinajstić information content (AvgIpc) is 2.59. The Kier molecular flexibility index (Phi) is 4.42. The minimum absolute atomic E-state index is 0.0214. The molecule has 0 fully saturated rings. The highest BCUT2D eigenvalue weighted by Crippen LogP contribution is 2.29. The number of nitrogens with zero attached hydrogens (tertiary/aromatic N) is 1. The monoisotopic (exact) mass is 308 g/mol. The second kappa shape index (κ2) is 6.65. The van der Waals surface area contributed by atoms with Crippen molar-refractivity contribution in [1.29, 1.82) is 0 Å². The molecule has 1 aliphatic rings. The predicted molar refractivity (Wildman–Crippen MR) is 91.6 cm³/mol. The molecule has 4 heteroatoms. The van der Waals surface area contributed by atoms with E-state index in [0.717, 1.165) is 17.7 Å². The maximum Gasteiger partial charge on any atom is 0.244 e. The fourth-order valence-electron chi connectivity index (χ4n) is 2.78. The molecule has 0 spiro atoms. The van der Waals surface area contributed by atoms with Gasteiger partial charge in [-0.1, -0.05) is 43.3 Å². The maximum atomic E-state index is 12.5. The lowest BCUT2D eigenvalue weighted by Crippen LogP contribution is -2.42. The first-order valence-corrected chi connectivity index (χ1v) is 7.94. The number of benzene rings is 2. The van der Waals surface area contributed by atoms with E-state index in [1.165, 1.54) is 5.56 Å². The van der Waals surface area contributed by atoms with Crippen molar-refractivity contribution in [3.63, 3.8) is 0 Å². The zero-order valence-electron chi connectivity index (χ0n) is 13.2. The van der Waals surface area contributed by atoms with E-state index in [1.54, 1.807) is 4.90 Å². The molecule has 4 nitrogen and oxygen atoms in total. The van der Waals surface area contributed by atoms with Crippen LogP contribution in [0.15, 0.2) is 48.5 Å². The zero-order valence-corrected chi connectivity index (χ0v) is 13.2. The van der Waals surface area contributed by atoms with E-state index < -0.39 is 0 Å². The van der Waals surface area contributed by atoms with Gasteiger partial charge in [0.05, 0.1) is 11.4 Å². The second-order valence-electron chi connectivity index (χ2n) is 5.72. The first-order valence-electron chi connectivity index (χ1n) is 7.94. The Labute approximate surface area is 136 Å². The molecule has 1 heterocycles. The molecule has 0 saturated carbocycles. The summed E-state index contributed by atoms with van der Waals surface area (Å²) in [5, 5.41) is 2.80. The summed E-state index contributed by atoms with van der Waals surface area (Å²) in [5.41, 5.74) is 3.91. The van der Waals surface area contributed by atoms with Crippen LogP contribution in [0.3, 0.4) is 0 Å². The van der Waals surface area contributed by atoms with Gasteiger partial charge in [0, 0.05) is 6.42 Å². The molecule has 0 aliphatic carbocycles. The van der Waals surface area contributed by atoms with Crippen LogP contribution in [0.25, 0.3) is 0 Å². The number of rotatable bonds is 4. The van der Waals surface area contributed by atoms with E-state index in [-0.39, 0.29) is 18.4 Å². The summed E-state index contributed by atoms with van der Waals surface area (Å²) >= 11 is 0. The highest BCUT2D eigenvalue weighted by atomic mass is 16.2. The van der Waals surface area contributed by atoms with Crippen molar-refractivity contribution in [1.82, 2.24) is 0 Å². The van der Waals surface area contributed by atoms with E-state index in [2.05, 4.69) is 36.5 Å². The Morgan fingerprint density at radius 2 is 1.78 bits per heavy atom. The number of carbonyl (C=O) groups is 2. The van der Waals surface area contributed by atoms with Crippen molar-refractivity contribution in [2.45, 2.75) is 26.2 Å². The first kappa shape index (κ1) is 15.3. The second-order valence-corrected chi connectivity index (χ2v) is 5.72. The van der Waals surface area contributed by atoms with E-state index in [9.17, 15) is 9.59 Å². The molecule has 2 amide bonds. The molecule has 0 unspecified atom stereocenters. The summed E-state index contributed by atoms with van der Waals surface area (Å²) in [4.78, 5) is 25.9. The number of amides is 2. The lowest BCUT2D eigenvalue weighted by Gasteiger charge is -2.29. The van der Waals surface area contributed by atoms with Gasteiger partial charge in [-0.05, 0) is 36.1 Å². The molecule has 1 aliphatic heterocycles. The summed E-state index contributed by atoms with van der Waals surface area (Å²) in [6.07, 6.45) is 2.09. The van der Waals surface area contributed by atoms with Crippen LogP contribution >= 0.6 is 0 Å². The van der Waals surface area contributed by atoms with Crippen molar-refractivity contribution < 1.29 is 9.59 Å². The molecule has 0 aromatic heterocycles. The molecule has 2 aromatic rings. The molecule has 118 valence electrons. The van der Waals surface area contributed by atoms with E-state index in [1.807, 2.05) is 24.3 Å². The summed E-state index contributed by atoms with van der Waals surface area (Å²) in [6, 6.07) is 15.8. The van der Waals surface area contributed by atoms with Crippen molar-refractivity contribution >= 4 is 23.2 Å². The quantitative estimate of drug-likeness (QED) is 0.943. The normalized spacial score (nSPS) is 13.4. The van der Waals surface area contributed by atoms with Crippen molar-refractivity contribution in [2.75, 3.05) is 16.8 Å². The van der Waals surface area contributed by atoms with Crippen LogP contribution in [0.1, 0.15) is 24.5 Å². The molecular formula is C19H20N2O2. The van der Waals surface area contributed by atoms with Crippen molar-refractivity contribution in [3.8, 4) is 0 Å². The fraction of sp³-hybridized carbons (Fsp3) is 0.263. The number of fused-ring (bicyclic) bond motifs is 1. The lowest BCUT2D eigenvalue weighted by atomic mass is 10.1. The molecular weight excluding hydrogens is 288 g/mol. The Hall–Kier alpha value is -2.62. The summed E-state index contributed by atoms with van der Waals surface area (Å²) in [5.74, 6) is -0.170. The van der Waals surface area contributed by atoms with Crippen LogP contribution in [0.5, 0.6) is 0 Å². The van der Waals surface area contributed by atoms with Gasteiger partial charge in [0.1, 0.15) is 6.54 Å². The maximum absolute atomic E-state index is 12.5. The highest BCUT2D eigenvalue weighted by molar-refractivity contribution is 6.09. The van der Waals surface area contributed by atoms with Gasteiger partial charge in [0.2, 0.25) is 11.8 Å². The van der Waals surface area contributed by atoms with Crippen LogP contribution in [0.2, 0.25) is 0 Å². The number of anilines is 2. The Morgan fingerprint density at radius 3 is 2.52 bits per heavy atom.